The van der Waals surface area contributed by atoms with Crippen molar-refractivity contribution in [2.45, 2.75) is 19.1 Å². The van der Waals surface area contributed by atoms with E-state index in [4.69, 9.17) is 4.74 Å². The molecule has 1 aromatic rings. The van der Waals surface area contributed by atoms with Gasteiger partial charge in [-0.1, -0.05) is 12.1 Å². The van der Waals surface area contributed by atoms with Gasteiger partial charge in [-0.25, -0.2) is 4.79 Å². The minimum absolute atomic E-state index is 0.00796. The molecule has 9 nitrogen and oxygen atoms in total. The Morgan fingerprint density at radius 1 is 1.29 bits per heavy atom. The first-order valence-corrected chi connectivity index (χ1v) is 7.41. The van der Waals surface area contributed by atoms with E-state index < -0.39 is 11.0 Å². The van der Waals surface area contributed by atoms with Gasteiger partial charge < -0.3 is 20.3 Å². The molecular formula is C15H20N4O5. The third-order valence-corrected chi connectivity index (χ3v) is 3.90. The van der Waals surface area contributed by atoms with Crippen LogP contribution in [-0.4, -0.2) is 54.1 Å². The second-order valence-corrected chi connectivity index (χ2v) is 5.86. The number of hydrogen-bond acceptors (Lipinski definition) is 5. The number of nitro groups is 1. The molecule has 1 aromatic carbocycles. The number of benzene rings is 1. The summed E-state index contributed by atoms with van der Waals surface area (Å²) in [5, 5.41) is 15.6. The molecule has 0 spiro atoms. The molecule has 1 aliphatic heterocycles. The summed E-state index contributed by atoms with van der Waals surface area (Å²) in [7, 11) is 1.60. The largest absolute Gasteiger partial charge is 0.375 e. The molecule has 0 aliphatic carbocycles. The number of non-ortho nitro benzene ring substituents is 1. The van der Waals surface area contributed by atoms with Gasteiger partial charge in [0.15, 0.2) is 0 Å². The number of amides is 3. The monoisotopic (exact) mass is 336 g/mol. The lowest BCUT2D eigenvalue weighted by Crippen LogP contribution is -2.64. The maximum Gasteiger partial charge on any atom is 0.315 e. The zero-order valence-electron chi connectivity index (χ0n) is 13.6. The number of likely N-dealkylation sites (tertiary alicyclic amines) is 1. The number of methoxy groups -OCH3 is 1. The summed E-state index contributed by atoms with van der Waals surface area (Å²) in [5.41, 5.74) is 0.417. The summed E-state index contributed by atoms with van der Waals surface area (Å²) in [4.78, 5) is 35.2. The molecule has 0 unspecified atom stereocenters. The number of urea groups is 1. The topological polar surface area (TPSA) is 114 Å². The molecule has 0 atom stereocenters. The summed E-state index contributed by atoms with van der Waals surface area (Å²) in [6, 6.07) is 5.39. The Kier molecular flexibility index (Phi) is 5.35. The average Bonchev–Trinajstić information content (AvgIpc) is 2.55. The summed E-state index contributed by atoms with van der Waals surface area (Å²) in [6.45, 7) is 3.05. The van der Waals surface area contributed by atoms with Crippen molar-refractivity contribution < 1.29 is 19.2 Å². The van der Waals surface area contributed by atoms with E-state index in [1.807, 2.05) is 6.92 Å². The van der Waals surface area contributed by atoms with Gasteiger partial charge in [-0.15, -0.1) is 0 Å². The molecule has 1 heterocycles. The molecule has 2 N–H and O–H groups in total. The number of carbonyl (C=O) groups excluding carboxylic acids is 2. The Bertz CT molecular complexity index is 625. The number of nitro benzene ring substituents is 1. The van der Waals surface area contributed by atoms with Crippen LogP contribution in [0, 0.1) is 10.1 Å². The van der Waals surface area contributed by atoms with E-state index in [9.17, 15) is 19.7 Å². The van der Waals surface area contributed by atoms with Gasteiger partial charge in [0.25, 0.3) is 5.69 Å². The number of nitrogens with zero attached hydrogens (tertiary/aromatic N) is 2. The highest BCUT2D eigenvalue weighted by Gasteiger charge is 2.41. The smallest absolute Gasteiger partial charge is 0.315 e. The van der Waals surface area contributed by atoms with Gasteiger partial charge in [-0.05, 0) is 12.5 Å². The van der Waals surface area contributed by atoms with Crippen molar-refractivity contribution in [1.82, 2.24) is 15.5 Å². The zero-order valence-corrected chi connectivity index (χ0v) is 13.6. The van der Waals surface area contributed by atoms with Gasteiger partial charge in [0.1, 0.15) is 0 Å². The van der Waals surface area contributed by atoms with Crippen LogP contribution >= 0.6 is 0 Å². The first-order chi connectivity index (χ1) is 11.3. The molecule has 0 aromatic heterocycles. The molecule has 130 valence electrons. The molecule has 3 amide bonds. The van der Waals surface area contributed by atoms with E-state index in [0.29, 0.717) is 13.1 Å². The van der Waals surface area contributed by atoms with Crippen LogP contribution in [0.2, 0.25) is 0 Å². The summed E-state index contributed by atoms with van der Waals surface area (Å²) in [5.74, 6) is -0.171. The second kappa shape index (κ2) is 7.26. The highest BCUT2D eigenvalue weighted by Crippen LogP contribution is 2.23. The van der Waals surface area contributed by atoms with E-state index in [2.05, 4.69) is 10.6 Å². The molecule has 1 aliphatic rings. The van der Waals surface area contributed by atoms with Gasteiger partial charge in [0.05, 0.1) is 30.2 Å². The second-order valence-electron chi connectivity index (χ2n) is 5.86. The lowest BCUT2D eigenvalue weighted by Gasteiger charge is -2.46. The minimum Gasteiger partial charge on any atom is -0.375 e. The first-order valence-electron chi connectivity index (χ1n) is 7.41. The molecule has 0 bridgehead atoms. The standard InChI is InChI=1S/C15H20N4O5/c1-15(24-2)9-18(10-15)13(20)8-17-14(21)16-7-11-3-5-12(6-4-11)19(22)23/h3-6H,7-10H2,1-2H3,(H2,16,17,21). The highest BCUT2D eigenvalue weighted by atomic mass is 16.6. The van der Waals surface area contributed by atoms with E-state index >= 15 is 0 Å². The van der Waals surface area contributed by atoms with Crippen molar-refractivity contribution in [3.8, 4) is 0 Å². The van der Waals surface area contributed by atoms with Crippen molar-refractivity contribution in [3.63, 3.8) is 0 Å². The number of nitrogens with one attached hydrogen (secondary N) is 2. The number of rotatable bonds is 6. The summed E-state index contributed by atoms with van der Waals surface area (Å²) in [6.07, 6.45) is 0. The molecule has 1 saturated heterocycles. The van der Waals surface area contributed by atoms with Crippen LogP contribution in [-0.2, 0) is 16.1 Å². The highest BCUT2D eigenvalue weighted by molar-refractivity contribution is 5.84. The lowest BCUT2D eigenvalue weighted by atomic mass is 9.96. The van der Waals surface area contributed by atoms with Crippen molar-refractivity contribution in [1.29, 1.82) is 0 Å². The fourth-order valence-electron chi connectivity index (χ4n) is 2.31. The van der Waals surface area contributed by atoms with E-state index in [0.717, 1.165) is 5.56 Å². The van der Waals surface area contributed by atoms with Crippen LogP contribution in [0.1, 0.15) is 12.5 Å². The normalized spacial score (nSPS) is 15.3. The van der Waals surface area contributed by atoms with E-state index in [-0.39, 0.29) is 30.3 Å². The van der Waals surface area contributed by atoms with Crippen molar-refractivity contribution in [2.24, 2.45) is 0 Å². The van der Waals surface area contributed by atoms with Crippen LogP contribution < -0.4 is 10.6 Å². The third-order valence-electron chi connectivity index (χ3n) is 3.90. The first kappa shape index (κ1) is 17.7. The quantitative estimate of drug-likeness (QED) is 0.584. The summed E-state index contributed by atoms with van der Waals surface area (Å²) < 4.78 is 5.25. The Morgan fingerprint density at radius 3 is 2.46 bits per heavy atom. The maximum absolute atomic E-state index is 11.9. The Labute approximate surface area is 139 Å². The SMILES string of the molecule is COC1(C)CN(C(=O)CNC(=O)NCc2ccc([N+](=O)[O-])cc2)C1. The van der Waals surface area contributed by atoms with Crippen molar-refractivity contribution in [3.05, 3.63) is 39.9 Å². The number of ether oxygens (including phenoxy) is 1. The van der Waals surface area contributed by atoms with E-state index in [1.165, 1.54) is 12.1 Å². The third kappa shape index (κ3) is 4.42. The molecule has 1 fully saturated rings. The van der Waals surface area contributed by atoms with E-state index in [1.54, 1.807) is 24.1 Å². The zero-order chi connectivity index (χ0) is 17.7. The maximum atomic E-state index is 11.9. The van der Waals surface area contributed by atoms with Gasteiger partial charge in [0.2, 0.25) is 5.91 Å². The average molecular weight is 336 g/mol. The van der Waals surface area contributed by atoms with Crippen molar-refractivity contribution >= 4 is 17.6 Å². The van der Waals surface area contributed by atoms with Crippen LogP contribution in [0.15, 0.2) is 24.3 Å². The Hall–Kier alpha value is -2.68. The van der Waals surface area contributed by atoms with Gasteiger partial charge >= 0.3 is 6.03 Å². The molecule has 24 heavy (non-hydrogen) atoms. The molecule has 0 radical (unpaired) electrons. The van der Waals surface area contributed by atoms with Gasteiger partial charge in [-0.3, -0.25) is 14.9 Å². The van der Waals surface area contributed by atoms with Crippen LogP contribution in [0.3, 0.4) is 0 Å². The fourth-order valence-corrected chi connectivity index (χ4v) is 2.31. The van der Waals surface area contributed by atoms with Crippen LogP contribution in [0.5, 0.6) is 0 Å². The number of carbonyl (C=O) groups is 2. The van der Waals surface area contributed by atoms with Crippen molar-refractivity contribution in [2.75, 3.05) is 26.7 Å². The fraction of sp³-hybridized carbons (Fsp3) is 0.467. The van der Waals surface area contributed by atoms with Crippen LogP contribution in [0.25, 0.3) is 0 Å². The number of hydrogen-bond donors (Lipinski definition) is 2. The van der Waals surface area contributed by atoms with Gasteiger partial charge in [0, 0.05) is 25.8 Å². The van der Waals surface area contributed by atoms with Gasteiger partial charge in [-0.2, -0.15) is 0 Å². The van der Waals surface area contributed by atoms with Crippen LogP contribution in [0.4, 0.5) is 10.5 Å². The molecule has 9 heteroatoms. The lowest BCUT2D eigenvalue weighted by molar-refractivity contribution is -0.384. The Balaban J connectivity index is 1.68. The molecule has 0 saturated carbocycles. The summed E-state index contributed by atoms with van der Waals surface area (Å²) >= 11 is 0. The predicted molar refractivity (Wildman–Crippen MR) is 85.3 cm³/mol. The molecule has 2 rings (SSSR count). The molecular weight excluding hydrogens is 316 g/mol. The predicted octanol–water partition coefficient (Wildman–Crippen LogP) is 0.641. The Morgan fingerprint density at radius 2 is 1.92 bits per heavy atom. The minimum atomic E-state index is -0.486.